The van der Waals surface area contributed by atoms with Crippen LogP contribution in [0.3, 0.4) is 0 Å². The van der Waals surface area contributed by atoms with Crippen LogP contribution in [0, 0.1) is 0 Å². The molecular weight excluding hydrogens is 340 g/mol. The van der Waals surface area contributed by atoms with Crippen LogP contribution in [-0.2, 0) is 19.5 Å². The van der Waals surface area contributed by atoms with Gasteiger partial charge in [0, 0.05) is 0 Å². The van der Waals surface area contributed by atoms with Crippen LogP contribution in [0.15, 0.2) is 42.7 Å². The average molecular weight is 384 g/mol. The molecule has 1 aromatic carbocycles. The van der Waals surface area contributed by atoms with E-state index in [4.69, 9.17) is 0 Å². The second-order valence-electron chi connectivity index (χ2n) is 8.25. The predicted octanol–water partition coefficient (Wildman–Crippen LogP) is 7.09. The van der Waals surface area contributed by atoms with Gasteiger partial charge in [-0.05, 0) is 25.3 Å². The van der Waals surface area contributed by atoms with E-state index in [2.05, 4.69) is 65.7 Å². The van der Waals surface area contributed by atoms with Gasteiger partial charge in [-0.25, -0.2) is 9.13 Å². The Labute approximate surface area is 174 Å². The highest BCUT2D eigenvalue weighted by molar-refractivity contribution is 5.18. The van der Waals surface area contributed by atoms with Gasteiger partial charge in [0.15, 0.2) is 0 Å². The maximum Gasteiger partial charge on any atom is 0.260 e. The monoisotopic (exact) mass is 383 g/mol. The van der Waals surface area contributed by atoms with Gasteiger partial charge in [-0.1, -0.05) is 101 Å². The van der Waals surface area contributed by atoms with Crippen LogP contribution < -0.4 is 4.57 Å². The van der Waals surface area contributed by atoms with Crippen LogP contribution in [0.1, 0.15) is 102 Å². The number of aromatic nitrogens is 2. The van der Waals surface area contributed by atoms with Crippen LogP contribution in [-0.4, -0.2) is 4.57 Å². The Morgan fingerprint density at radius 1 is 0.714 bits per heavy atom. The highest BCUT2D eigenvalue weighted by Gasteiger charge is 2.16. The number of hydrogen-bond donors (Lipinski definition) is 0. The maximum atomic E-state index is 2.48. The molecule has 0 radical (unpaired) electrons. The number of unbranched alkanes of at least 4 members (excludes halogenated alkanes) is 11. The van der Waals surface area contributed by atoms with E-state index in [1.165, 1.54) is 88.4 Å². The fourth-order valence-electron chi connectivity index (χ4n) is 4.09. The Morgan fingerprint density at radius 2 is 1.29 bits per heavy atom. The van der Waals surface area contributed by atoms with E-state index >= 15 is 0 Å². The lowest BCUT2D eigenvalue weighted by Crippen LogP contribution is -2.37. The molecule has 0 spiro atoms. The summed E-state index contributed by atoms with van der Waals surface area (Å²) in [6.07, 6.45) is 22.5. The van der Waals surface area contributed by atoms with Crippen molar-refractivity contribution in [3.05, 3.63) is 54.1 Å². The summed E-state index contributed by atoms with van der Waals surface area (Å²) in [6, 6.07) is 10.9. The molecule has 28 heavy (non-hydrogen) atoms. The first-order valence-electron chi connectivity index (χ1n) is 12.0. The van der Waals surface area contributed by atoms with E-state index in [0.29, 0.717) is 0 Å². The van der Waals surface area contributed by atoms with Gasteiger partial charge in [-0.15, -0.1) is 0 Å². The van der Waals surface area contributed by atoms with Crippen LogP contribution in [0.25, 0.3) is 0 Å². The molecule has 0 unspecified atom stereocenters. The highest BCUT2D eigenvalue weighted by Crippen LogP contribution is 2.12. The molecule has 2 nitrogen and oxygen atoms in total. The van der Waals surface area contributed by atoms with Crippen molar-refractivity contribution in [3.63, 3.8) is 0 Å². The van der Waals surface area contributed by atoms with E-state index in [9.17, 15) is 0 Å². The summed E-state index contributed by atoms with van der Waals surface area (Å²) in [6.45, 7) is 6.74. The molecule has 0 fully saturated rings. The quantitative estimate of drug-likeness (QED) is 0.216. The van der Waals surface area contributed by atoms with Crippen molar-refractivity contribution in [2.45, 2.75) is 110 Å². The van der Waals surface area contributed by atoms with Crippen molar-refractivity contribution in [2.24, 2.45) is 0 Å². The van der Waals surface area contributed by atoms with Gasteiger partial charge in [-0.2, -0.15) is 0 Å². The van der Waals surface area contributed by atoms with Gasteiger partial charge in [0.2, 0.25) is 0 Å². The number of rotatable bonds is 16. The summed E-state index contributed by atoms with van der Waals surface area (Å²) in [5, 5.41) is 0. The lowest BCUT2D eigenvalue weighted by atomic mass is 10.1. The first kappa shape index (κ1) is 22.7. The van der Waals surface area contributed by atoms with Crippen LogP contribution in [0.5, 0.6) is 0 Å². The molecule has 1 heterocycles. The fourth-order valence-corrected chi connectivity index (χ4v) is 4.09. The molecule has 2 rings (SSSR count). The fraction of sp³-hybridized carbons (Fsp3) is 0.654. The van der Waals surface area contributed by atoms with Crippen LogP contribution in [0.2, 0.25) is 0 Å². The second kappa shape index (κ2) is 14.4. The number of aryl methyl sites for hydroxylation is 2. The Morgan fingerprint density at radius 3 is 1.86 bits per heavy atom. The van der Waals surface area contributed by atoms with E-state index in [0.717, 1.165) is 19.5 Å². The third kappa shape index (κ3) is 8.63. The Kier molecular flexibility index (Phi) is 11.7. The summed E-state index contributed by atoms with van der Waals surface area (Å²) in [7, 11) is 0. The van der Waals surface area contributed by atoms with E-state index in [-0.39, 0.29) is 0 Å². The van der Waals surface area contributed by atoms with Gasteiger partial charge >= 0.3 is 0 Å². The standard InChI is InChI=1S/C26H43N2/c1-3-5-6-7-8-9-10-11-12-13-14-18-21-28-23-22-27(4-2)26(28)24-25-19-16-15-17-20-25/h15-17,19-20,22-23H,3-14,18,21,24H2,1-2H3/q+1. The molecule has 156 valence electrons. The zero-order chi connectivity index (χ0) is 19.9. The van der Waals surface area contributed by atoms with Crippen molar-refractivity contribution in [2.75, 3.05) is 0 Å². The van der Waals surface area contributed by atoms with Crippen LogP contribution >= 0.6 is 0 Å². The lowest BCUT2D eigenvalue weighted by Gasteiger charge is -2.05. The molecule has 0 amide bonds. The lowest BCUT2D eigenvalue weighted by molar-refractivity contribution is -0.703. The predicted molar refractivity (Wildman–Crippen MR) is 121 cm³/mol. The molecule has 1 aromatic heterocycles. The molecule has 0 atom stereocenters. The Balaban J connectivity index is 1.60. The van der Waals surface area contributed by atoms with Crippen molar-refractivity contribution in [3.8, 4) is 0 Å². The SMILES string of the molecule is CCCCCCCCCCCCCC[n+]1ccn(CC)c1Cc1ccccc1. The first-order chi connectivity index (χ1) is 13.8. The van der Waals surface area contributed by atoms with Gasteiger partial charge < -0.3 is 0 Å². The third-order valence-corrected chi connectivity index (χ3v) is 5.89. The number of hydrogen-bond acceptors (Lipinski definition) is 0. The summed E-state index contributed by atoms with van der Waals surface area (Å²) in [4.78, 5) is 0. The van der Waals surface area contributed by atoms with Gasteiger partial charge in [0.1, 0.15) is 12.4 Å². The molecule has 0 aliphatic carbocycles. The van der Waals surface area contributed by atoms with Gasteiger partial charge in [0.05, 0.1) is 19.5 Å². The molecule has 0 bridgehead atoms. The normalized spacial score (nSPS) is 11.2. The van der Waals surface area contributed by atoms with Crippen molar-refractivity contribution < 1.29 is 4.57 Å². The van der Waals surface area contributed by atoms with Gasteiger partial charge in [0.25, 0.3) is 5.82 Å². The minimum absolute atomic E-state index is 1.03. The zero-order valence-corrected chi connectivity index (χ0v) is 18.5. The van der Waals surface area contributed by atoms with Crippen LogP contribution in [0.4, 0.5) is 0 Å². The number of imidazole rings is 1. The third-order valence-electron chi connectivity index (χ3n) is 5.89. The summed E-state index contributed by atoms with van der Waals surface area (Å²) >= 11 is 0. The molecule has 0 saturated carbocycles. The smallest absolute Gasteiger partial charge is 0.234 e. The molecule has 2 aromatic rings. The minimum Gasteiger partial charge on any atom is -0.234 e. The molecule has 0 aliphatic heterocycles. The topological polar surface area (TPSA) is 8.81 Å². The van der Waals surface area contributed by atoms with E-state index in [1.54, 1.807) is 0 Å². The minimum atomic E-state index is 1.03. The van der Waals surface area contributed by atoms with Crippen molar-refractivity contribution in [1.29, 1.82) is 0 Å². The highest BCUT2D eigenvalue weighted by atomic mass is 15.1. The summed E-state index contributed by atoms with van der Waals surface area (Å²) in [5.74, 6) is 1.44. The Hall–Kier alpha value is -1.57. The second-order valence-corrected chi connectivity index (χ2v) is 8.25. The van der Waals surface area contributed by atoms with E-state index < -0.39 is 0 Å². The van der Waals surface area contributed by atoms with Crippen molar-refractivity contribution >= 4 is 0 Å². The number of benzene rings is 1. The summed E-state index contributed by atoms with van der Waals surface area (Å²) < 4.78 is 4.88. The van der Waals surface area contributed by atoms with Gasteiger partial charge in [-0.3, -0.25) is 0 Å². The summed E-state index contributed by atoms with van der Waals surface area (Å²) in [5.41, 5.74) is 1.40. The molecule has 0 aliphatic rings. The average Bonchev–Trinajstić information content (AvgIpc) is 3.11. The largest absolute Gasteiger partial charge is 0.260 e. The molecule has 0 saturated heterocycles. The number of nitrogens with zero attached hydrogens (tertiary/aromatic N) is 2. The molecule has 0 N–H and O–H groups in total. The molecular formula is C26H43N2+. The molecule has 2 heteroatoms. The van der Waals surface area contributed by atoms with E-state index in [1.807, 2.05) is 0 Å². The first-order valence-corrected chi connectivity index (χ1v) is 12.0. The van der Waals surface area contributed by atoms with Crippen molar-refractivity contribution in [1.82, 2.24) is 4.57 Å². The maximum absolute atomic E-state index is 2.48. The zero-order valence-electron chi connectivity index (χ0n) is 18.5. The Bertz CT molecular complexity index is 615.